The van der Waals surface area contributed by atoms with Crippen molar-refractivity contribution in [3.8, 4) is 6.07 Å². The zero-order valence-corrected chi connectivity index (χ0v) is 14.1. The third-order valence-electron chi connectivity index (χ3n) is 4.65. The number of thiazole rings is 1. The van der Waals surface area contributed by atoms with Crippen molar-refractivity contribution in [3.63, 3.8) is 0 Å². The number of ether oxygens (including phenoxy) is 1. The van der Waals surface area contributed by atoms with E-state index in [0.717, 1.165) is 31.1 Å². The molecule has 2 aromatic rings. The van der Waals surface area contributed by atoms with Gasteiger partial charge in [-0.25, -0.2) is 4.98 Å². The van der Waals surface area contributed by atoms with E-state index in [-0.39, 0.29) is 0 Å². The molecule has 0 bridgehead atoms. The Morgan fingerprint density at radius 2 is 2.09 bits per heavy atom. The summed E-state index contributed by atoms with van der Waals surface area (Å²) in [5, 5.41) is 9.79. The number of anilines is 1. The summed E-state index contributed by atoms with van der Waals surface area (Å²) in [4.78, 5) is 6.50. The summed E-state index contributed by atoms with van der Waals surface area (Å²) in [5.41, 5.74) is 1.95. The minimum absolute atomic E-state index is 0.338. The van der Waals surface area contributed by atoms with Crippen LogP contribution in [-0.4, -0.2) is 24.2 Å². The van der Waals surface area contributed by atoms with Crippen molar-refractivity contribution in [3.05, 3.63) is 45.9 Å². The smallest absolute Gasteiger partial charge is 0.188 e. The van der Waals surface area contributed by atoms with Crippen molar-refractivity contribution in [2.75, 3.05) is 18.0 Å². The first-order chi connectivity index (χ1) is 11.2. The van der Waals surface area contributed by atoms with Gasteiger partial charge in [0.2, 0.25) is 0 Å². The first kappa shape index (κ1) is 14.9. The highest BCUT2D eigenvalue weighted by Gasteiger charge is 2.53. The lowest BCUT2D eigenvalue weighted by molar-refractivity contribution is -0.0996. The van der Waals surface area contributed by atoms with Crippen LogP contribution in [0.2, 0.25) is 4.34 Å². The second kappa shape index (κ2) is 5.79. The van der Waals surface area contributed by atoms with Gasteiger partial charge in [-0.2, -0.15) is 5.26 Å². The van der Waals surface area contributed by atoms with Gasteiger partial charge in [0, 0.05) is 18.5 Å². The Kier molecular flexibility index (Phi) is 3.76. The molecule has 1 saturated heterocycles. The molecule has 118 valence electrons. The average molecular weight is 346 g/mol. The molecule has 0 unspecified atom stereocenters. The highest BCUT2D eigenvalue weighted by Crippen LogP contribution is 2.51. The minimum Gasteiger partial charge on any atom is -0.373 e. The molecule has 2 fully saturated rings. The van der Waals surface area contributed by atoms with Gasteiger partial charge < -0.3 is 9.64 Å². The lowest BCUT2D eigenvalue weighted by atomic mass is 9.62. The maximum absolute atomic E-state index is 8.93. The van der Waals surface area contributed by atoms with Gasteiger partial charge in [-0.15, -0.1) is 0 Å². The molecule has 4 rings (SSSR count). The highest BCUT2D eigenvalue weighted by molar-refractivity contribution is 7.19. The molecule has 1 aromatic carbocycles. The monoisotopic (exact) mass is 345 g/mol. The molecule has 1 aromatic heterocycles. The number of halogens is 1. The van der Waals surface area contributed by atoms with Gasteiger partial charge in [-0.05, 0) is 18.4 Å². The lowest BCUT2D eigenvalue weighted by Gasteiger charge is -2.58. The van der Waals surface area contributed by atoms with Gasteiger partial charge in [-0.1, -0.05) is 53.3 Å². The Morgan fingerprint density at radius 3 is 2.74 bits per heavy atom. The predicted molar refractivity (Wildman–Crippen MR) is 90.7 cm³/mol. The predicted octanol–water partition coefficient (Wildman–Crippen LogP) is 3.85. The van der Waals surface area contributed by atoms with Crippen LogP contribution in [0.1, 0.15) is 24.1 Å². The summed E-state index contributed by atoms with van der Waals surface area (Å²) < 4.78 is 6.47. The number of hydrogen-bond acceptors (Lipinski definition) is 5. The largest absolute Gasteiger partial charge is 0.373 e. The van der Waals surface area contributed by atoms with Crippen molar-refractivity contribution in [1.82, 2.24) is 4.98 Å². The molecule has 4 nitrogen and oxygen atoms in total. The Balaban J connectivity index is 1.26. The van der Waals surface area contributed by atoms with E-state index < -0.39 is 0 Å². The van der Waals surface area contributed by atoms with Crippen molar-refractivity contribution >= 4 is 28.1 Å². The summed E-state index contributed by atoms with van der Waals surface area (Å²) in [6.07, 6.45) is 2.59. The minimum atomic E-state index is 0.338. The van der Waals surface area contributed by atoms with Crippen LogP contribution in [-0.2, 0) is 11.3 Å². The molecule has 0 radical (unpaired) electrons. The standard InChI is InChI=1S/C17H16ClN3OS/c18-15-14(8-19)20-16(23-15)21-10-17(11-21)6-13(7-17)22-9-12-4-2-1-3-5-12/h1-5,13H,6-7,9-11H2. The van der Waals surface area contributed by atoms with Crippen molar-refractivity contribution in [2.45, 2.75) is 25.6 Å². The first-order valence-corrected chi connectivity index (χ1v) is 8.84. The quantitative estimate of drug-likeness (QED) is 0.844. The number of rotatable bonds is 4. The number of benzene rings is 1. The summed E-state index contributed by atoms with van der Waals surface area (Å²) in [6.45, 7) is 2.68. The first-order valence-electron chi connectivity index (χ1n) is 7.64. The van der Waals surface area contributed by atoms with E-state index in [1.165, 1.54) is 16.9 Å². The SMILES string of the molecule is N#Cc1nc(N2CC3(CC(OCc4ccccc4)C3)C2)sc1Cl. The van der Waals surface area contributed by atoms with Crippen molar-refractivity contribution in [2.24, 2.45) is 5.41 Å². The van der Waals surface area contributed by atoms with E-state index in [1.807, 2.05) is 24.3 Å². The summed E-state index contributed by atoms with van der Waals surface area (Å²) in [6, 6.07) is 12.3. The Hall–Kier alpha value is -1.61. The van der Waals surface area contributed by atoms with Gasteiger partial charge in [0.15, 0.2) is 10.8 Å². The highest BCUT2D eigenvalue weighted by atomic mass is 35.5. The third-order valence-corrected chi connectivity index (χ3v) is 5.97. The zero-order valence-electron chi connectivity index (χ0n) is 12.5. The molecule has 0 N–H and O–H groups in total. The van der Waals surface area contributed by atoms with E-state index in [9.17, 15) is 0 Å². The number of nitrogens with zero attached hydrogens (tertiary/aromatic N) is 3. The topological polar surface area (TPSA) is 49.2 Å². The fraction of sp³-hybridized carbons (Fsp3) is 0.412. The third kappa shape index (κ3) is 2.83. The molecule has 0 amide bonds. The molecule has 6 heteroatoms. The van der Waals surface area contributed by atoms with E-state index in [1.54, 1.807) is 0 Å². The average Bonchev–Trinajstić information content (AvgIpc) is 2.86. The van der Waals surface area contributed by atoms with Crippen LogP contribution in [0.15, 0.2) is 30.3 Å². The van der Waals surface area contributed by atoms with Crippen LogP contribution in [0.3, 0.4) is 0 Å². The van der Waals surface area contributed by atoms with Crippen LogP contribution in [0.25, 0.3) is 0 Å². The van der Waals surface area contributed by atoms with Crippen LogP contribution in [0.4, 0.5) is 5.13 Å². The van der Waals surface area contributed by atoms with E-state index in [2.05, 4.69) is 22.0 Å². The van der Waals surface area contributed by atoms with Crippen molar-refractivity contribution < 1.29 is 4.74 Å². The molecule has 1 saturated carbocycles. The van der Waals surface area contributed by atoms with Crippen LogP contribution in [0.5, 0.6) is 0 Å². The molecule has 23 heavy (non-hydrogen) atoms. The maximum Gasteiger partial charge on any atom is 0.188 e. The van der Waals surface area contributed by atoms with Crippen molar-refractivity contribution in [1.29, 1.82) is 5.26 Å². The van der Waals surface area contributed by atoms with Crippen LogP contribution in [0, 0.1) is 16.7 Å². The molecule has 1 spiro atoms. The van der Waals surface area contributed by atoms with Crippen LogP contribution < -0.4 is 4.90 Å². The number of nitriles is 1. The molecule has 2 heterocycles. The van der Waals surface area contributed by atoms with Crippen LogP contribution >= 0.6 is 22.9 Å². The summed E-state index contributed by atoms with van der Waals surface area (Å²) >= 11 is 7.39. The Labute approximate surface area is 144 Å². The van der Waals surface area contributed by atoms with Gasteiger partial charge in [0.25, 0.3) is 0 Å². The second-order valence-corrected chi connectivity index (χ2v) is 7.99. The molecule has 1 aliphatic heterocycles. The lowest BCUT2D eigenvalue weighted by Crippen LogP contribution is -2.64. The van der Waals surface area contributed by atoms with E-state index in [0.29, 0.717) is 28.2 Å². The Morgan fingerprint density at radius 1 is 1.35 bits per heavy atom. The normalized spacial score (nSPS) is 19.2. The maximum atomic E-state index is 8.93. The van der Waals surface area contributed by atoms with Gasteiger partial charge in [0.05, 0.1) is 12.7 Å². The molecular formula is C17H16ClN3OS. The summed E-state index contributed by atoms with van der Waals surface area (Å²) in [5.74, 6) is 0. The number of aromatic nitrogens is 1. The fourth-order valence-electron chi connectivity index (χ4n) is 3.46. The number of hydrogen-bond donors (Lipinski definition) is 0. The van der Waals surface area contributed by atoms with E-state index >= 15 is 0 Å². The zero-order chi connectivity index (χ0) is 15.9. The second-order valence-electron chi connectivity index (χ2n) is 6.41. The van der Waals surface area contributed by atoms with Gasteiger partial charge >= 0.3 is 0 Å². The van der Waals surface area contributed by atoms with Gasteiger partial charge in [-0.3, -0.25) is 0 Å². The van der Waals surface area contributed by atoms with E-state index in [4.69, 9.17) is 21.6 Å². The molecule has 0 atom stereocenters. The Bertz CT molecular complexity index is 741. The molecular weight excluding hydrogens is 330 g/mol. The molecule has 1 aliphatic carbocycles. The summed E-state index contributed by atoms with van der Waals surface area (Å²) in [7, 11) is 0. The fourth-order valence-corrected chi connectivity index (χ4v) is 4.50. The van der Waals surface area contributed by atoms with Gasteiger partial charge in [0.1, 0.15) is 10.4 Å². The molecule has 2 aliphatic rings.